The number of ether oxygens (including phenoxy) is 1. The van der Waals surface area contributed by atoms with Crippen LogP contribution in [0.25, 0.3) is 0 Å². The summed E-state index contributed by atoms with van der Waals surface area (Å²) in [5.41, 5.74) is 0. The van der Waals surface area contributed by atoms with Crippen LogP contribution in [0.5, 0.6) is 0 Å². The molecule has 1 aliphatic rings. The van der Waals surface area contributed by atoms with Gasteiger partial charge in [-0.15, -0.1) is 0 Å². The molecule has 0 unspecified atom stereocenters. The van der Waals surface area contributed by atoms with Gasteiger partial charge in [-0.3, -0.25) is 0 Å². The zero-order valence-electron chi connectivity index (χ0n) is 12.7. The van der Waals surface area contributed by atoms with Crippen molar-refractivity contribution >= 4 is 0 Å². The fourth-order valence-electron chi connectivity index (χ4n) is 2.28. The molecule has 120 valence electrons. The maximum atomic E-state index is 8.53. The maximum Gasteiger partial charge on any atom is 0.0698 e. The van der Waals surface area contributed by atoms with Crippen LogP contribution < -0.4 is 16.0 Å². The molecule has 0 aliphatic carbocycles. The number of hydrogen-bond acceptors (Lipinski definition) is 6. The lowest BCUT2D eigenvalue weighted by Crippen LogP contribution is -2.36. The molecule has 0 radical (unpaired) electrons. The van der Waals surface area contributed by atoms with Gasteiger partial charge >= 0.3 is 0 Å². The fraction of sp³-hybridized carbons (Fsp3) is 1.00. The Morgan fingerprint density at radius 2 is 1.40 bits per heavy atom. The number of nitrogens with zero attached hydrogens (tertiary/aromatic N) is 1. The highest BCUT2D eigenvalue weighted by Crippen LogP contribution is 2.05. The molecule has 0 aromatic heterocycles. The van der Waals surface area contributed by atoms with E-state index in [0.29, 0.717) is 13.2 Å². The summed E-state index contributed by atoms with van der Waals surface area (Å²) in [6, 6.07) is 0. The van der Waals surface area contributed by atoms with E-state index in [2.05, 4.69) is 20.9 Å². The Balaban J connectivity index is 1.66. The summed E-state index contributed by atoms with van der Waals surface area (Å²) in [4.78, 5) is 2.53. The third-order valence-corrected chi connectivity index (χ3v) is 3.42. The van der Waals surface area contributed by atoms with Gasteiger partial charge in [-0.1, -0.05) is 0 Å². The zero-order chi connectivity index (χ0) is 14.3. The lowest BCUT2D eigenvalue weighted by Gasteiger charge is -2.14. The predicted molar refractivity (Wildman–Crippen MR) is 82.2 cm³/mol. The first-order valence-corrected chi connectivity index (χ1v) is 7.96. The van der Waals surface area contributed by atoms with Gasteiger partial charge in [0.2, 0.25) is 0 Å². The van der Waals surface area contributed by atoms with Gasteiger partial charge in [0, 0.05) is 45.8 Å². The highest BCUT2D eigenvalue weighted by atomic mass is 16.5. The Bertz CT molecular complexity index is 202. The van der Waals surface area contributed by atoms with Gasteiger partial charge in [-0.25, -0.2) is 0 Å². The molecule has 1 heterocycles. The van der Waals surface area contributed by atoms with Gasteiger partial charge < -0.3 is 30.7 Å². The lowest BCUT2D eigenvalue weighted by molar-refractivity contribution is 0.0940. The van der Waals surface area contributed by atoms with Gasteiger partial charge in [0.25, 0.3) is 0 Å². The Kier molecular flexibility index (Phi) is 12.2. The van der Waals surface area contributed by atoms with Gasteiger partial charge in [-0.05, 0) is 25.9 Å². The monoisotopic (exact) mass is 288 g/mol. The highest BCUT2D eigenvalue weighted by Gasteiger charge is 2.09. The Morgan fingerprint density at radius 1 is 0.800 bits per heavy atom. The van der Waals surface area contributed by atoms with E-state index in [4.69, 9.17) is 9.84 Å². The van der Waals surface area contributed by atoms with E-state index < -0.39 is 0 Å². The molecule has 20 heavy (non-hydrogen) atoms. The standard InChI is InChI=1S/C14H32N4O2/c19-12-14-20-13-8-17-6-4-15-3-5-16-7-11-18-9-1-2-10-18/h15-17,19H,1-14H2. The summed E-state index contributed by atoms with van der Waals surface area (Å²) in [5.74, 6) is 0. The number of rotatable bonds is 14. The van der Waals surface area contributed by atoms with Crippen LogP contribution in [0.4, 0.5) is 0 Å². The van der Waals surface area contributed by atoms with Crippen molar-refractivity contribution in [2.24, 2.45) is 0 Å². The average Bonchev–Trinajstić information content (AvgIpc) is 2.97. The summed E-state index contributed by atoms with van der Waals surface area (Å²) < 4.78 is 5.15. The normalized spacial score (nSPS) is 16.1. The van der Waals surface area contributed by atoms with E-state index >= 15 is 0 Å². The van der Waals surface area contributed by atoms with E-state index in [1.165, 1.54) is 32.5 Å². The molecule has 1 aliphatic heterocycles. The molecule has 6 nitrogen and oxygen atoms in total. The van der Waals surface area contributed by atoms with Crippen LogP contribution in [0, 0.1) is 0 Å². The lowest BCUT2D eigenvalue weighted by atomic mass is 10.4. The van der Waals surface area contributed by atoms with Crippen LogP contribution in [0.1, 0.15) is 12.8 Å². The van der Waals surface area contributed by atoms with Crippen LogP contribution in [0.3, 0.4) is 0 Å². The molecule has 4 N–H and O–H groups in total. The first-order chi connectivity index (χ1) is 9.93. The molecule has 0 saturated carbocycles. The number of aliphatic hydroxyl groups excluding tert-OH is 1. The molecule has 0 aromatic carbocycles. The third-order valence-electron chi connectivity index (χ3n) is 3.42. The van der Waals surface area contributed by atoms with Crippen molar-refractivity contribution in [3.63, 3.8) is 0 Å². The Hall–Kier alpha value is -0.240. The first kappa shape index (κ1) is 17.8. The van der Waals surface area contributed by atoms with Crippen LogP contribution in [-0.2, 0) is 4.74 Å². The Morgan fingerprint density at radius 3 is 2.05 bits per heavy atom. The van der Waals surface area contributed by atoms with Gasteiger partial charge in [0.1, 0.15) is 0 Å². The molecular formula is C14H32N4O2. The highest BCUT2D eigenvalue weighted by molar-refractivity contribution is 4.67. The summed E-state index contributed by atoms with van der Waals surface area (Å²) in [6.45, 7) is 10.9. The van der Waals surface area contributed by atoms with Crippen molar-refractivity contribution in [1.82, 2.24) is 20.9 Å². The molecule has 1 saturated heterocycles. The third kappa shape index (κ3) is 10.5. The zero-order valence-corrected chi connectivity index (χ0v) is 12.7. The summed E-state index contributed by atoms with van der Waals surface area (Å²) in [6.07, 6.45) is 2.75. The maximum absolute atomic E-state index is 8.53. The molecule has 0 amide bonds. The van der Waals surface area contributed by atoms with Crippen molar-refractivity contribution in [3.05, 3.63) is 0 Å². The molecule has 0 atom stereocenters. The quantitative estimate of drug-likeness (QED) is 0.303. The second-order valence-corrected chi connectivity index (χ2v) is 5.13. The minimum absolute atomic E-state index is 0.103. The molecule has 1 fully saturated rings. The molecule has 1 rings (SSSR count). The molecule has 0 aromatic rings. The second-order valence-electron chi connectivity index (χ2n) is 5.13. The van der Waals surface area contributed by atoms with Crippen LogP contribution >= 0.6 is 0 Å². The number of aliphatic hydroxyl groups is 1. The largest absolute Gasteiger partial charge is 0.394 e. The Labute approximate surface area is 123 Å². The topological polar surface area (TPSA) is 68.8 Å². The van der Waals surface area contributed by atoms with Crippen molar-refractivity contribution < 1.29 is 9.84 Å². The minimum atomic E-state index is 0.103. The van der Waals surface area contributed by atoms with Crippen molar-refractivity contribution in [2.75, 3.05) is 78.7 Å². The fourth-order valence-corrected chi connectivity index (χ4v) is 2.28. The predicted octanol–water partition coefficient (Wildman–Crippen LogP) is -1.14. The van der Waals surface area contributed by atoms with Gasteiger partial charge in [0.15, 0.2) is 0 Å². The SMILES string of the molecule is OCCOCCNCCNCCNCCN1CCCC1. The molecule has 6 heteroatoms. The van der Waals surface area contributed by atoms with Crippen LogP contribution in [-0.4, -0.2) is 88.7 Å². The molecule has 0 bridgehead atoms. The van der Waals surface area contributed by atoms with E-state index in [0.717, 1.165) is 39.3 Å². The number of nitrogens with one attached hydrogen (secondary N) is 3. The number of likely N-dealkylation sites (tertiary alicyclic amines) is 1. The second kappa shape index (κ2) is 13.7. The minimum Gasteiger partial charge on any atom is -0.394 e. The molecular weight excluding hydrogens is 256 g/mol. The van der Waals surface area contributed by atoms with Gasteiger partial charge in [0.05, 0.1) is 19.8 Å². The van der Waals surface area contributed by atoms with E-state index in [1.54, 1.807) is 0 Å². The smallest absolute Gasteiger partial charge is 0.0698 e. The van der Waals surface area contributed by atoms with Crippen molar-refractivity contribution in [3.8, 4) is 0 Å². The summed E-state index contributed by atoms with van der Waals surface area (Å²) in [7, 11) is 0. The van der Waals surface area contributed by atoms with Crippen molar-refractivity contribution in [1.29, 1.82) is 0 Å². The summed E-state index contributed by atoms with van der Waals surface area (Å²) >= 11 is 0. The van der Waals surface area contributed by atoms with E-state index in [9.17, 15) is 0 Å². The van der Waals surface area contributed by atoms with Crippen molar-refractivity contribution in [2.45, 2.75) is 12.8 Å². The van der Waals surface area contributed by atoms with Crippen LogP contribution in [0.15, 0.2) is 0 Å². The van der Waals surface area contributed by atoms with Crippen LogP contribution in [0.2, 0.25) is 0 Å². The first-order valence-electron chi connectivity index (χ1n) is 7.96. The summed E-state index contributed by atoms with van der Waals surface area (Å²) in [5, 5.41) is 18.7. The van der Waals surface area contributed by atoms with Gasteiger partial charge in [-0.2, -0.15) is 0 Å². The number of hydrogen-bond donors (Lipinski definition) is 4. The molecule has 0 spiro atoms. The average molecular weight is 288 g/mol. The van der Waals surface area contributed by atoms with E-state index in [-0.39, 0.29) is 6.61 Å². The van der Waals surface area contributed by atoms with E-state index in [1.807, 2.05) is 0 Å².